The number of nitrogens with zero attached hydrogens (tertiary/aromatic N) is 3. The number of hydrogen-bond acceptors (Lipinski definition) is 6. The first-order valence-electron chi connectivity index (χ1n) is 11.5. The summed E-state index contributed by atoms with van der Waals surface area (Å²) in [6.07, 6.45) is 3.37. The molecule has 34 heavy (non-hydrogen) atoms. The SMILES string of the molecule is CCc1ccc(CSc2nc(-c3cccc(C)c3)nc3c2Cc2c(CO)cnc(C)c2O3)cc1. The summed E-state index contributed by atoms with van der Waals surface area (Å²) in [6, 6.07) is 17.0. The van der Waals surface area contributed by atoms with Crippen LogP contribution in [-0.2, 0) is 25.2 Å². The summed E-state index contributed by atoms with van der Waals surface area (Å²) >= 11 is 1.70. The summed E-state index contributed by atoms with van der Waals surface area (Å²) in [5, 5.41) is 10.8. The van der Waals surface area contributed by atoms with Crippen LogP contribution in [0.3, 0.4) is 0 Å². The molecule has 1 aliphatic rings. The predicted octanol–water partition coefficient (Wildman–Crippen LogP) is 6.20. The molecule has 1 aliphatic heterocycles. The molecule has 1 N–H and O–H groups in total. The number of aryl methyl sites for hydroxylation is 3. The van der Waals surface area contributed by atoms with Crippen LogP contribution in [0.4, 0.5) is 0 Å². The number of pyridine rings is 1. The summed E-state index contributed by atoms with van der Waals surface area (Å²) in [4.78, 5) is 14.2. The Balaban J connectivity index is 1.56. The van der Waals surface area contributed by atoms with Gasteiger partial charge in [-0.1, -0.05) is 55.0 Å². The van der Waals surface area contributed by atoms with Crippen LogP contribution in [0.2, 0.25) is 0 Å². The van der Waals surface area contributed by atoms with Crippen molar-refractivity contribution in [1.82, 2.24) is 15.0 Å². The minimum Gasteiger partial charge on any atom is -0.436 e. The van der Waals surface area contributed by atoms with Crippen molar-refractivity contribution in [3.8, 4) is 23.0 Å². The fraction of sp³-hybridized carbons (Fsp3) is 0.250. The summed E-state index contributed by atoms with van der Waals surface area (Å²) in [6.45, 7) is 6.07. The van der Waals surface area contributed by atoms with Gasteiger partial charge in [0.05, 0.1) is 17.9 Å². The number of thioether (sulfide) groups is 1. The van der Waals surface area contributed by atoms with E-state index >= 15 is 0 Å². The maximum absolute atomic E-state index is 9.88. The van der Waals surface area contributed by atoms with Crippen LogP contribution in [0.5, 0.6) is 11.6 Å². The number of aromatic nitrogens is 3. The average Bonchev–Trinajstić information content (AvgIpc) is 2.87. The lowest BCUT2D eigenvalue weighted by Crippen LogP contribution is -2.13. The Morgan fingerprint density at radius 1 is 1.00 bits per heavy atom. The molecule has 0 aliphatic carbocycles. The highest BCUT2D eigenvalue weighted by Gasteiger charge is 2.27. The van der Waals surface area contributed by atoms with Crippen molar-refractivity contribution in [3.05, 3.63) is 93.8 Å². The summed E-state index contributed by atoms with van der Waals surface area (Å²) in [5.41, 5.74) is 8.19. The van der Waals surface area contributed by atoms with Gasteiger partial charge in [-0.2, -0.15) is 4.98 Å². The maximum Gasteiger partial charge on any atom is 0.227 e. The second-order valence-electron chi connectivity index (χ2n) is 8.58. The van der Waals surface area contributed by atoms with Crippen LogP contribution in [0.25, 0.3) is 11.4 Å². The predicted molar refractivity (Wildman–Crippen MR) is 135 cm³/mol. The van der Waals surface area contributed by atoms with Gasteiger partial charge in [-0.3, -0.25) is 4.98 Å². The Hall–Kier alpha value is -3.22. The van der Waals surface area contributed by atoms with Crippen LogP contribution >= 0.6 is 11.8 Å². The van der Waals surface area contributed by atoms with E-state index in [0.717, 1.165) is 50.7 Å². The number of ether oxygens (including phenoxy) is 1. The van der Waals surface area contributed by atoms with Crippen LogP contribution in [0, 0.1) is 13.8 Å². The molecule has 0 fully saturated rings. The smallest absolute Gasteiger partial charge is 0.227 e. The van der Waals surface area contributed by atoms with Crippen LogP contribution < -0.4 is 4.74 Å². The molecular weight excluding hydrogens is 442 g/mol. The summed E-state index contributed by atoms with van der Waals surface area (Å²) in [5.74, 6) is 2.72. The van der Waals surface area contributed by atoms with Crippen LogP contribution in [0.1, 0.15) is 46.0 Å². The third-order valence-corrected chi connectivity index (χ3v) is 7.23. The minimum atomic E-state index is -0.0806. The largest absolute Gasteiger partial charge is 0.436 e. The van der Waals surface area contributed by atoms with E-state index in [1.54, 1.807) is 18.0 Å². The van der Waals surface area contributed by atoms with Gasteiger partial charge >= 0.3 is 0 Å². The molecule has 0 spiro atoms. The number of aliphatic hydroxyl groups is 1. The van der Waals surface area contributed by atoms with Crippen LogP contribution in [-0.4, -0.2) is 20.1 Å². The maximum atomic E-state index is 9.88. The van der Waals surface area contributed by atoms with Gasteiger partial charge in [0.2, 0.25) is 5.88 Å². The van der Waals surface area contributed by atoms with E-state index in [1.165, 1.54) is 11.1 Å². The first-order valence-corrected chi connectivity index (χ1v) is 12.5. The molecule has 3 heterocycles. The number of benzene rings is 2. The molecule has 0 radical (unpaired) electrons. The van der Waals surface area contributed by atoms with E-state index in [9.17, 15) is 5.11 Å². The minimum absolute atomic E-state index is 0.0806. The molecule has 0 saturated carbocycles. The van der Waals surface area contributed by atoms with Gasteiger partial charge in [-0.05, 0) is 37.5 Å². The van der Waals surface area contributed by atoms with Crippen molar-refractivity contribution in [2.75, 3.05) is 0 Å². The third-order valence-electron chi connectivity index (χ3n) is 6.14. The lowest BCUT2D eigenvalue weighted by molar-refractivity contribution is 0.278. The van der Waals surface area contributed by atoms with Gasteiger partial charge in [-0.25, -0.2) is 4.98 Å². The van der Waals surface area contributed by atoms with Crippen molar-refractivity contribution in [2.24, 2.45) is 0 Å². The van der Waals surface area contributed by atoms with E-state index in [-0.39, 0.29) is 6.61 Å². The first kappa shape index (κ1) is 22.6. The lowest BCUT2D eigenvalue weighted by atomic mass is 9.99. The Labute approximate surface area is 204 Å². The lowest BCUT2D eigenvalue weighted by Gasteiger charge is -2.24. The van der Waals surface area contributed by atoms with Crippen molar-refractivity contribution < 1.29 is 9.84 Å². The van der Waals surface area contributed by atoms with E-state index in [1.807, 2.05) is 19.1 Å². The summed E-state index contributed by atoms with van der Waals surface area (Å²) in [7, 11) is 0. The molecule has 4 aromatic rings. The van der Waals surface area contributed by atoms with Crippen LogP contribution in [0.15, 0.2) is 59.8 Å². The Kier molecular flexibility index (Phi) is 6.35. The van der Waals surface area contributed by atoms with E-state index in [0.29, 0.717) is 23.9 Å². The standard InChI is InChI=1S/C28H27N3O2S/c1-4-19-8-10-20(11-9-19)16-34-28-24-13-23-22(15-32)14-29-18(3)25(23)33-27(24)30-26(31-28)21-7-5-6-17(2)12-21/h5-12,14,32H,4,13,15-16H2,1-3H3. The number of rotatable bonds is 6. The monoisotopic (exact) mass is 469 g/mol. The molecule has 2 aromatic heterocycles. The van der Waals surface area contributed by atoms with E-state index in [4.69, 9.17) is 14.7 Å². The second kappa shape index (κ2) is 9.57. The van der Waals surface area contributed by atoms with E-state index < -0.39 is 0 Å². The molecule has 6 heteroatoms. The molecule has 5 nitrogen and oxygen atoms in total. The van der Waals surface area contributed by atoms with Gasteiger partial charge < -0.3 is 9.84 Å². The van der Waals surface area contributed by atoms with Gasteiger partial charge in [0.1, 0.15) is 5.03 Å². The molecule has 0 amide bonds. The van der Waals surface area contributed by atoms with Gasteiger partial charge in [0.15, 0.2) is 11.6 Å². The number of aliphatic hydroxyl groups excluding tert-OH is 1. The first-order chi connectivity index (χ1) is 16.6. The van der Waals surface area contributed by atoms with Gasteiger partial charge in [0.25, 0.3) is 0 Å². The molecule has 0 unspecified atom stereocenters. The quantitative estimate of drug-likeness (QED) is 0.236. The van der Waals surface area contributed by atoms with Gasteiger partial charge in [0, 0.05) is 35.1 Å². The zero-order chi connectivity index (χ0) is 23.7. The second-order valence-corrected chi connectivity index (χ2v) is 9.54. The highest BCUT2D eigenvalue weighted by Crippen LogP contribution is 2.43. The molecule has 2 aromatic carbocycles. The van der Waals surface area contributed by atoms with Crippen molar-refractivity contribution >= 4 is 11.8 Å². The normalized spacial score (nSPS) is 12.1. The number of fused-ring (bicyclic) bond motifs is 2. The zero-order valence-electron chi connectivity index (χ0n) is 19.6. The Morgan fingerprint density at radius 2 is 1.79 bits per heavy atom. The molecule has 0 saturated heterocycles. The van der Waals surface area contributed by atoms with Gasteiger partial charge in [-0.15, -0.1) is 11.8 Å². The summed E-state index contributed by atoms with van der Waals surface area (Å²) < 4.78 is 6.33. The zero-order valence-corrected chi connectivity index (χ0v) is 20.4. The molecular formula is C28H27N3O2S. The topological polar surface area (TPSA) is 68.1 Å². The van der Waals surface area contributed by atoms with Crippen molar-refractivity contribution in [3.63, 3.8) is 0 Å². The Bertz CT molecular complexity index is 1350. The highest BCUT2D eigenvalue weighted by atomic mass is 32.2. The average molecular weight is 470 g/mol. The third kappa shape index (κ3) is 4.43. The van der Waals surface area contributed by atoms with Crippen molar-refractivity contribution in [2.45, 2.75) is 51.0 Å². The fourth-order valence-corrected chi connectivity index (χ4v) is 5.13. The molecule has 5 rings (SSSR count). The fourth-order valence-electron chi connectivity index (χ4n) is 4.15. The number of hydrogen-bond donors (Lipinski definition) is 1. The molecule has 0 bridgehead atoms. The highest BCUT2D eigenvalue weighted by molar-refractivity contribution is 7.98. The Morgan fingerprint density at radius 3 is 2.53 bits per heavy atom. The van der Waals surface area contributed by atoms with Crippen molar-refractivity contribution in [1.29, 1.82) is 0 Å². The molecule has 172 valence electrons. The molecule has 0 atom stereocenters. The van der Waals surface area contributed by atoms with E-state index in [2.05, 4.69) is 55.2 Å².